The number of allylic oxidation sites excluding steroid dienone is 1. The summed E-state index contributed by atoms with van der Waals surface area (Å²) in [6.45, 7) is 6.21. The maximum Gasteiger partial charge on any atom is 0.233 e. The molecule has 0 aromatic rings. The number of unbranched alkanes of at least 4 members (excludes halogenated alkanes) is 1. The fourth-order valence-electron chi connectivity index (χ4n) is 1.02. The topological polar surface area (TPSA) is 41.1 Å². The summed E-state index contributed by atoms with van der Waals surface area (Å²) in [5.74, 6) is 0.0962. The van der Waals surface area contributed by atoms with E-state index in [1.165, 1.54) is 0 Å². The minimum atomic E-state index is 0.0962. The van der Waals surface area contributed by atoms with Gasteiger partial charge in [-0.3, -0.25) is 4.79 Å². The molecule has 0 aliphatic carbocycles. The Labute approximate surface area is 87.0 Å². The summed E-state index contributed by atoms with van der Waals surface area (Å²) in [7, 11) is 0. The van der Waals surface area contributed by atoms with Crippen LogP contribution in [0.25, 0.3) is 0 Å². The summed E-state index contributed by atoms with van der Waals surface area (Å²) < 4.78 is 0. The maximum atomic E-state index is 11.2. The molecule has 0 saturated carbocycles. The van der Waals surface area contributed by atoms with Gasteiger partial charge in [0.05, 0.1) is 6.54 Å². The molecule has 2 N–H and O–H groups in total. The summed E-state index contributed by atoms with van der Waals surface area (Å²) in [5, 5.41) is 5.94. The standard InChI is InChI=1S/C11H22N2O/c1-3-5-7-8-12-10-11(14)13-9-6-4-2/h3,5,12H,4,6-10H2,1-2H3,(H,13,14)/b5-3+. The van der Waals surface area contributed by atoms with Crippen molar-refractivity contribution in [2.45, 2.75) is 33.1 Å². The second kappa shape index (κ2) is 10.3. The molecule has 0 aromatic carbocycles. The SMILES string of the molecule is C/C=C/CCNCC(=O)NCCCC. The van der Waals surface area contributed by atoms with Crippen molar-refractivity contribution >= 4 is 5.91 Å². The molecule has 0 saturated heterocycles. The van der Waals surface area contributed by atoms with Crippen molar-refractivity contribution in [3.05, 3.63) is 12.2 Å². The zero-order valence-corrected chi connectivity index (χ0v) is 9.31. The Hall–Kier alpha value is -0.830. The van der Waals surface area contributed by atoms with Crippen molar-refractivity contribution in [1.82, 2.24) is 10.6 Å². The van der Waals surface area contributed by atoms with E-state index in [4.69, 9.17) is 0 Å². The molecule has 0 aromatic heterocycles. The van der Waals surface area contributed by atoms with Crippen molar-refractivity contribution in [3.8, 4) is 0 Å². The molecule has 0 radical (unpaired) electrons. The third kappa shape index (κ3) is 9.26. The van der Waals surface area contributed by atoms with Gasteiger partial charge in [-0.15, -0.1) is 0 Å². The molecule has 0 fully saturated rings. The van der Waals surface area contributed by atoms with Gasteiger partial charge >= 0.3 is 0 Å². The lowest BCUT2D eigenvalue weighted by atomic mass is 10.3. The van der Waals surface area contributed by atoms with E-state index in [1.54, 1.807) is 0 Å². The Kier molecular flexibility index (Phi) is 9.64. The molecule has 0 aliphatic heterocycles. The highest BCUT2D eigenvalue weighted by molar-refractivity contribution is 5.77. The van der Waals surface area contributed by atoms with Crippen LogP contribution in [0.15, 0.2) is 12.2 Å². The van der Waals surface area contributed by atoms with Crippen LogP contribution in [0.5, 0.6) is 0 Å². The quantitative estimate of drug-likeness (QED) is 0.458. The van der Waals surface area contributed by atoms with Crippen LogP contribution in [0.3, 0.4) is 0 Å². The van der Waals surface area contributed by atoms with Gasteiger partial charge in [0.1, 0.15) is 0 Å². The molecule has 0 heterocycles. The van der Waals surface area contributed by atoms with Crippen LogP contribution < -0.4 is 10.6 Å². The summed E-state index contributed by atoms with van der Waals surface area (Å²) in [4.78, 5) is 11.2. The van der Waals surface area contributed by atoms with Crippen LogP contribution in [0.1, 0.15) is 33.1 Å². The van der Waals surface area contributed by atoms with E-state index in [2.05, 4.69) is 23.6 Å². The summed E-state index contributed by atoms with van der Waals surface area (Å²) in [6, 6.07) is 0. The highest BCUT2D eigenvalue weighted by Gasteiger charge is 1.97. The molecule has 0 aliphatic rings. The van der Waals surface area contributed by atoms with Crippen LogP contribution in [-0.2, 0) is 4.79 Å². The van der Waals surface area contributed by atoms with Gasteiger partial charge in [0.2, 0.25) is 5.91 Å². The first kappa shape index (κ1) is 13.2. The number of hydrogen-bond acceptors (Lipinski definition) is 2. The molecule has 3 nitrogen and oxygen atoms in total. The van der Waals surface area contributed by atoms with Gasteiger partial charge in [0.25, 0.3) is 0 Å². The number of amides is 1. The molecule has 0 rings (SSSR count). The predicted octanol–water partition coefficient (Wildman–Crippen LogP) is 1.46. The Balaban J connectivity index is 3.18. The lowest BCUT2D eigenvalue weighted by molar-refractivity contribution is -0.120. The zero-order valence-electron chi connectivity index (χ0n) is 9.31. The highest BCUT2D eigenvalue weighted by Crippen LogP contribution is 1.82. The second-order valence-corrected chi connectivity index (χ2v) is 3.24. The van der Waals surface area contributed by atoms with Gasteiger partial charge in [-0.25, -0.2) is 0 Å². The average Bonchev–Trinajstić information content (AvgIpc) is 2.18. The van der Waals surface area contributed by atoms with E-state index in [-0.39, 0.29) is 5.91 Å². The van der Waals surface area contributed by atoms with Gasteiger partial charge in [-0.1, -0.05) is 25.5 Å². The van der Waals surface area contributed by atoms with Gasteiger partial charge in [-0.05, 0) is 26.3 Å². The average molecular weight is 198 g/mol. The number of hydrogen-bond donors (Lipinski definition) is 2. The van der Waals surface area contributed by atoms with E-state index in [0.717, 1.165) is 32.4 Å². The lowest BCUT2D eigenvalue weighted by Gasteiger charge is -2.04. The Morgan fingerprint density at radius 2 is 2.14 bits per heavy atom. The van der Waals surface area contributed by atoms with Gasteiger partial charge < -0.3 is 10.6 Å². The zero-order chi connectivity index (χ0) is 10.6. The van der Waals surface area contributed by atoms with E-state index >= 15 is 0 Å². The van der Waals surface area contributed by atoms with Crippen molar-refractivity contribution in [2.24, 2.45) is 0 Å². The van der Waals surface area contributed by atoms with E-state index < -0.39 is 0 Å². The second-order valence-electron chi connectivity index (χ2n) is 3.24. The molecule has 1 amide bonds. The van der Waals surface area contributed by atoms with E-state index in [9.17, 15) is 4.79 Å². The van der Waals surface area contributed by atoms with E-state index in [0.29, 0.717) is 6.54 Å². The van der Waals surface area contributed by atoms with Crippen LogP contribution in [-0.4, -0.2) is 25.5 Å². The fourth-order valence-corrected chi connectivity index (χ4v) is 1.02. The fraction of sp³-hybridized carbons (Fsp3) is 0.727. The molecule has 3 heteroatoms. The van der Waals surface area contributed by atoms with Crippen molar-refractivity contribution in [3.63, 3.8) is 0 Å². The first-order valence-corrected chi connectivity index (χ1v) is 5.39. The summed E-state index contributed by atoms with van der Waals surface area (Å²) >= 11 is 0. The smallest absolute Gasteiger partial charge is 0.233 e. The lowest BCUT2D eigenvalue weighted by Crippen LogP contribution is -2.34. The monoisotopic (exact) mass is 198 g/mol. The van der Waals surface area contributed by atoms with Crippen LogP contribution in [0, 0.1) is 0 Å². The van der Waals surface area contributed by atoms with Crippen molar-refractivity contribution in [1.29, 1.82) is 0 Å². The van der Waals surface area contributed by atoms with Crippen molar-refractivity contribution < 1.29 is 4.79 Å². The number of carbonyl (C=O) groups excluding carboxylic acids is 1. The molecule has 14 heavy (non-hydrogen) atoms. The minimum Gasteiger partial charge on any atom is -0.355 e. The Morgan fingerprint density at radius 3 is 2.79 bits per heavy atom. The first-order chi connectivity index (χ1) is 6.81. The maximum absolute atomic E-state index is 11.2. The molecule has 82 valence electrons. The largest absolute Gasteiger partial charge is 0.355 e. The van der Waals surface area contributed by atoms with Crippen LogP contribution in [0.4, 0.5) is 0 Å². The normalized spacial score (nSPS) is 10.7. The number of nitrogens with one attached hydrogen (secondary N) is 2. The van der Waals surface area contributed by atoms with Gasteiger partial charge in [0.15, 0.2) is 0 Å². The molecule has 0 bridgehead atoms. The summed E-state index contributed by atoms with van der Waals surface area (Å²) in [6.07, 6.45) is 7.27. The molecular formula is C11H22N2O. The minimum absolute atomic E-state index is 0.0962. The number of carbonyl (C=O) groups is 1. The highest BCUT2D eigenvalue weighted by atomic mass is 16.1. The Morgan fingerprint density at radius 1 is 1.36 bits per heavy atom. The third-order valence-electron chi connectivity index (χ3n) is 1.86. The summed E-state index contributed by atoms with van der Waals surface area (Å²) in [5.41, 5.74) is 0. The Bertz CT molecular complexity index is 167. The first-order valence-electron chi connectivity index (χ1n) is 5.39. The molecule has 0 spiro atoms. The van der Waals surface area contributed by atoms with E-state index in [1.807, 2.05) is 13.0 Å². The number of rotatable bonds is 8. The predicted molar refractivity (Wildman–Crippen MR) is 60.2 cm³/mol. The van der Waals surface area contributed by atoms with Crippen molar-refractivity contribution in [2.75, 3.05) is 19.6 Å². The van der Waals surface area contributed by atoms with Gasteiger partial charge in [-0.2, -0.15) is 0 Å². The molecule has 0 atom stereocenters. The van der Waals surface area contributed by atoms with Crippen LogP contribution >= 0.6 is 0 Å². The third-order valence-corrected chi connectivity index (χ3v) is 1.86. The molecular weight excluding hydrogens is 176 g/mol. The van der Waals surface area contributed by atoms with Gasteiger partial charge in [0, 0.05) is 6.54 Å². The van der Waals surface area contributed by atoms with Crippen LogP contribution in [0.2, 0.25) is 0 Å². The molecule has 0 unspecified atom stereocenters.